The number of carbonyl (C=O) groups excluding carboxylic acids is 1. The van der Waals surface area contributed by atoms with Crippen LogP contribution in [0, 0.1) is 0 Å². The number of hydrogen-bond acceptors (Lipinski definition) is 5. The minimum Gasteiger partial charge on any atom is -0.384 e. The number of nitrogens with two attached hydrogens (primary N) is 1. The summed E-state index contributed by atoms with van der Waals surface area (Å²) in [5, 5.41) is 5.75. The molecule has 0 aliphatic carbocycles. The highest BCUT2D eigenvalue weighted by Crippen LogP contribution is 2.20. The third-order valence-corrected chi connectivity index (χ3v) is 2.42. The van der Waals surface area contributed by atoms with Crippen LogP contribution in [0.2, 0.25) is 0 Å². The molecule has 0 spiro atoms. The molecule has 1 heterocycles. The number of nitrogen functional groups attached to an aromatic ring is 1. The lowest BCUT2D eigenvalue weighted by molar-refractivity contribution is -0.119. The van der Waals surface area contributed by atoms with E-state index in [1.165, 1.54) is 0 Å². The predicted octanol–water partition coefficient (Wildman–Crippen LogP) is 1.29. The molecule has 1 aromatic rings. The maximum absolute atomic E-state index is 11.5. The second-order valence-corrected chi connectivity index (χ2v) is 5.46. The molecule has 0 aromatic carbocycles. The van der Waals surface area contributed by atoms with Gasteiger partial charge in [0.1, 0.15) is 17.5 Å². The van der Waals surface area contributed by atoms with Gasteiger partial charge in [0, 0.05) is 18.0 Å². The molecule has 0 bridgehead atoms. The molecule has 0 unspecified atom stereocenters. The molecule has 106 valence electrons. The fourth-order valence-corrected chi connectivity index (χ4v) is 1.39. The number of anilines is 2. The highest BCUT2D eigenvalue weighted by Gasteiger charge is 2.18. The van der Waals surface area contributed by atoms with Crippen molar-refractivity contribution in [1.82, 2.24) is 15.3 Å². The Morgan fingerprint density at radius 2 is 2.05 bits per heavy atom. The summed E-state index contributed by atoms with van der Waals surface area (Å²) < 4.78 is 0. The first-order valence-electron chi connectivity index (χ1n) is 6.48. The number of nitrogens with one attached hydrogen (secondary N) is 2. The smallest absolute Gasteiger partial charge is 0.239 e. The normalized spacial score (nSPS) is 11.2. The van der Waals surface area contributed by atoms with Gasteiger partial charge in [-0.3, -0.25) is 4.79 Å². The molecular weight excluding hydrogens is 242 g/mol. The Morgan fingerprint density at radius 1 is 1.37 bits per heavy atom. The van der Waals surface area contributed by atoms with Crippen LogP contribution >= 0.6 is 0 Å². The molecule has 0 atom stereocenters. The maximum atomic E-state index is 11.5. The van der Waals surface area contributed by atoms with Gasteiger partial charge in [0.2, 0.25) is 5.91 Å². The number of amides is 1. The van der Waals surface area contributed by atoms with Crippen LogP contribution in [0.5, 0.6) is 0 Å². The number of aromatic nitrogens is 2. The van der Waals surface area contributed by atoms with Crippen LogP contribution in [0.15, 0.2) is 6.07 Å². The van der Waals surface area contributed by atoms with Crippen molar-refractivity contribution >= 4 is 17.5 Å². The summed E-state index contributed by atoms with van der Waals surface area (Å²) in [5.41, 5.74) is 5.57. The van der Waals surface area contributed by atoms with Crippen LogP contribution in [0.4, 0.5) is 11.6 Å². The molecule has 1 aromatic heterocycles. The fraction of sp³-hybridized carbons (Fsp3) is 0.615. The van der Waals surface area contributed by atoms with Gasteiger partial charge < -0.3 is 16.4 Å². The summed E-state index contributed by atoms with van der Waals surface area (Å²) in [6, 6.07) is 1.63. The van der Waals surface area contributed by atoms with Gasteiger partial charge in [-0.15, -0.1) is 0 Å². The molecule has 1 rings (SSSR count). The summed E-state index contributed by atoms with van der Waals surface area (Å²) in [7, 11) is 0. The van der Waals surface area contributed by atoms with E-state index in [1.54, 1.807) is 6.07 Å². The first-order chi connectivity index (χ1) is 8.82. The average Bonchev–Trinajstić information content (AvgIpc) is 2.32. The van der Waals surface area contributed by atoms with E-state index in [1.807, 2.05) is 27.7 Å². The highest BCUT2D eigenvalue weighted by atomic mass is 16.1. The van der Waals surface area contributed by atoms with Gasteiger partial charge in [0.15, 0.2) is 0 Å². The Kier molecular flexibility index (Phi) is 5.09. The number of rotatable bonds is 5. The van der Waals surface area contributed by atoms with E-state index in [4.69, 9.17) is 5.73 Å². The van der Waals surface area contributed by atoms with Gasteiger partial charge in [-0.1, -0.05) is 27.7 Å². The zero-order valence-corrected chi connectivity index (χ0v) is 12.1. The topological polar surface area (TPSA) is 92.9 Å². The molecular formula is C13H23N5O. The van der Waals surface area contributed by atoms with E-state index >= 15 is 0 Å². The van der Waals surface area contributed by atoms with Crippen molar-refractivity contribution in [3.05, 3.63) is 11.9 Å². The average molecular weight is 265 g/mol. The zero-order valence-electron chi connectivity index (χ0n) is 12.1. The Balaban J connectivity index is 2.69. The molecule has 0 radical (unpaired) electrons. The quantitative estimate of drug-likeness (QED) is 0.746. The minimum absolute atomic E-state index is 0.0589. The number of hydrogen-bond donors (Lipinski definition) is 3. The van der Waals surface area contributed by atoms with E-state index in [-0.39, 0.29) is 17.9 Å². The summed E-state index contributed by atoms with van der Waals surface area (Å²) in [6.07, 6.45) is 0.917. The van der Waals surface area contributed by atoms with E-state index in [0.717, 1.165) is 6.42 Å². The Morgan fingerprint density at radius 3 is 2.63 bits per heavy atom. The highest BCUT2D eigenvalue weighted by molar-refractivity contribution is 5.80. The summed E-state index contributed by atoms with van der Waals surface area (Å²) in [6.45, 7) is 8.91. The molecule has 0 saturated carbocycles. The lowest BCUT2D eigenvalue weighted by atomic mass is 9.96. The van der Waals surface area contributed by atoms with Gasteiger partial charge >= 0.3 is 0 Å². The molecule has 0 fully saturated rings. The lowest BCUT2D eigenvalue weighted by Gasteiger charge is -2.18. The molecule has 19 heavy (non-hydrogen) atoms. The van der Waals surface area contributed by atoms with Crippen molar-refractivity contribution in [3.8, 4) is 0 Å². The largest absolute Gasteiger partial charge is 0.384 e. The van der Waals surface area contributed by atoms with Crippen LogP contribution in [-0.4, -0.2) is 29.0 Å². The van der Waals surface area contributed by atoms with Crippen molar-refractivity contribution in [2.45, 2.75) is 39.5 Å². The van der Waals surface area contributed by atoms with E-state index in [2.05, 4.69) is 20.6 Å². The minimum atomic E-state index is -0.184. The van der Waals surface area contributed by atoms with Gasteiger partial charge in [-0.2, -0.15) is 0 Å². The first kappa shape index (κ1) is 15.2. The van der Waals surface area contributed by atoms with Gasteiger partial charge in [-0.05, 0) is 6.42 Å². The van der Waals surface area contributed by atoms with Crippen molar-refractivity contribution in [2.75, 3.05) is 24.1 Å². The van der Waals surface area contributed by atoms with Gasteiger partial charge in [0.05, 0.1) is 6.54 Å². The molecule has 4 N–H and O–H groups in total. The monoisotopic (exact) mass is 265 g/mol. The Labute approximate surface area is 114 Å². The number of carbonyl (C=O) groups is 1. The summed E-state index contributed by atoms with van der Waals surface area (Å²) >= 11 is 0. The van der Waals surface area contributed by atoms with E-state index in [9.17, 15) is 4.79 Å². The van der Waals surface area contributed by atoms with Crippen LogP contribution in [0.25, 0.3) is 0 Å². The fourth-order valence-electron chi connectivity index (χ4n) is 1.39. The van der Waals surface area contributed by atoms with Crippen LogP contribution < -0.4 is 16.4 Å². The van der Waals surface area contributed by atoms with Crippen molar-refractivity contribution in [2.24, 2.45) is 0 Å². The SMILES string of the molecule is CCCNC(=O)CNc1cc(N)nc(C(C)(C)C)n1. The third-order valence-electron chi connectivity index (χ3n) is 2.42. The number of nitrogens with zero attached hydrogens (tertiary/aromatic N) is 2. The van der Waals surface area contributed by atoms with Gasteiger partial charge in [-0.25, -0.2) is 9.97 Å². The molecule has 0 saturated heterocycles. The molecule has 0 aliphatic heterocycles. The van der Waals surface area contributed by atoms with Crippen LogP contribution in [0.3, 0.4) is 0 Å². The second kappa shape index (κ2) is 6.36. The Hall–Kier alpha value is -1.85. The predicted molar refractivity (Wildman–Crippen MR) is 76.9 cm³/mol. The lowest BCUT2D eigenvalue weighted by Crippen LogP contribution is -2.30. The molecule has 6 nitrogen and oxygen atoms in total. The Bertz CT molecular complexity index is 439. The van der Waals surface area contributed by atoms with Crippen LogP contribution in [0.1, 0.15) is 39.9 Å². The summed E-state index contributed by atoms with van der Waals surface area (Å²) in [5.74, 6) is 1.57. The molecule has 0 aliphatic rings. The van der Waals surface area contributed by atoms with E-state index < -0.39 is 0 Å². The summed E-state index contributed by atoms with van der Waals surface area (Å²) in [4.78, 5) is 20.1. The van der Waals surface area contributed by atoms with Crippen molar-refractivity contribution < 1.29 is 4.79 Å². The first-order valence-corrected chi connectivity index (χ1v) is 6.48. The standard InChI is InChI=1S/C13H23N5O/c1-5-6-15-11(19)8-16-10-7-9(14)17-12(18-10)13(2,3)4/h7H,5-6,8H2,1-4H3,(H,15,19)(H3,14,16,17,18). The molecule has 6 heteroatoms. The molecule has 1 amide bonds. The zero-order chi connectivity index (χ0) is 14.5. The van der Waals surface area contributed by atoms with Gasteiger partial charge in [0.25, 0.3) is 0 Å². The van der Waals surface area contributed by atoms with Crippen molar-refractivity contribution in [3.63, 3.8) is 0 Å². The second-order valence-electron chi connectivity index (χ2n) is 5.46. The van der Waals surface area contributed by atoms with Crippen molar-refractivity contribution in [1.29, 1.82) is 0 Å². The van der Waals surface area contributed by atoms with Crippen LogP contribution in [-0.2, 0) is 10.2 Å². The maximum Gasteiger partial charge on any atom is 0.239 e. The third kappa shape index (κ3) is 5.11. The van der Waals surface area contributed by atoms with E-state index in [0.29, 0.717) is 24.0 Å².